The van der Waals surface area contributed by atoms with Gasteiger partial charge < -0.3 is 4.90 Å². The highest BCUT2D eigenvalue weighted by Crippen LogP contribution is 2.29. The summed E-state index contributed by atoms with van der Waals surface area (Å²) in [6.45, 7) is 4.33. The van der Waals surface area contributed by atoms with E-state index in [1.165, 1.54) is 35.2 Å². The molecule has 19 heavy (non-hydrogen) atoms. The van der Waals surface area contributed by atoms with E-state index >= 15 is 0 Å². The molecule has 0 unspecified atom stereocenters. The summed E-state index contributed by atoms with van der Waals surface area (Å²) in [5.74, 6) is 0. The van der Waals surface area contributed by atoms with Crippen LogP contribution in [0.2, 0.25) is 0 Å². The van der Waals surface area contributed by atoms with Crippen LogP contribution in [0.4, 0.5) is 5.69 Å². The average Bonchev–Trinajstić information content (AvgIpc) is 2.38. The van der Waals surface area contributed by atoms with Gasteiger partial charge in [0, 0.05) is 23.2 Å². The molecule has 1 aliphatic heterocycles. The Morgan fingerprint density at radius 1 is 1.16 bits per heavy atom. The predicted molar refractivity (Wildman–Crippen MR) is 84.7 cm³/mol. The smallest absolute Gasteiger partial charge is 0.0429 e. The molecular weight excluding hydrogens is 298 g/mol. The minimum atomic E-state index is 0.996. The molecule has 0 fully saturated rings. The quantitative estimate of drug-likeness (QED) is 0.775. The normalized spacial score (nSPS) is 14.3. The summed E-state index contributed by atoms with van der Waals surface area (Å²) in [6, 6.07) is 15.4. The highest BCUT2D eigenvalue weighted by Gasteiger charge is 2.16. The zero-order valence-corrected chi connectivity index (χ0v) is 12.8. The van der Waals surface area contributed by atoms with E-state index in [-0.39, 0.29) is 0 Å². The van der Waals surface area contributed by atoms with Gasteiger partial charge in [0.15, 0.2) is 0 Å². The van der Waals surface area contributed by atoms with E-state index < -0.39 is 0 Å². The third-order valence-electron chi connectivity index (χ3n) is 3.71. The minimum absolute atomic E-state index is 0.996. The number of rotatable bonds is 2. The number of nitrogens with zero attached hydrogens (tertiary/aromatic N) is 1. The van der Waals surface area contributed by atoms with Crippen molar-refractivity contribution in [2.75, 3.05) is 11.4 Å². The van der Waals surface area contributed by atoms with E-state index in [0.29, 0.717) is 0 Å². The third-order valence-corrected chi connectivity index (χ3v) is 4.21. The lowest BCUT2D eigenvalue weighted by molar-refractivity contribution is 0.690. The minimum Gasteiger partial charge on any atom is -0.367 e. The number of benzene rings is 2. The standard InChI is InChI=1S/C17H18BrN/c1-13-7-8-17-15(10-13)5-3-9-19(17)12-14-4-2-6-16(18)11-14/h2,4,6-8,10-11H,3,5,9,12H2,1H3. The molecule has 0 saturated heterocycles. The predicted octanol–water partition coefficient (Wildman–Crippen LogP) is 4.71. The zero-order valence-electron chi connectivity index (χ0n) is 11.2. The first-order valence-corrected chi connectivity index (χ1v) is 7.60. The number of fused-ring (bicyclic) bond motifs is 1. The topological polar surface area (TPSA) is 3.24 Å². The summed E-state index contributed by atoms with van der Waals surface area (Å²) >= 11 is 3.55. The summed E-state index contributed by atoms with van der Waals surface area (Å²) < 4.78 is 1.16. The van der Waals surface area contributed by atoms with E-state index in [0.717, 1.165) is 17.6 Å². The fourth-order valence-electron chi connectivity index (χ4n) is 2.82. The Morgan fingerprint density at radius 3 is 2.89 bits per heavy atom. The molecule has 0 bridgehead atoms. The van der Waals surface area contributed by atoms with E-state index in [4.69, 9.17) is 0 Å². The van der Waals surface area contributed by atoms with Gasteiger partial charge in [-0.1, -0.05) is 45.8 Å². The maximum atomic E-state index is 3.55. The molecule has 2 aromatic rings. The Bertz CT molecular complexity index is 592. The van der Waals surface area contributed by atoms with Crippen molar-refractivity contribution >= 4 is 21.6 Å². The SMILES string of the molecule is Cc1ccc2c(c1)CCCN2Cc1cccc(Br)c1. The van der Waals surface area contributed by atoms with Gasteiger partial charge in [-0.25, -0.2) is 0 Å². The Hall–Kier alpha value is -1.28. The van der Waals surface area contributed by atoms with Gasteiger partial charge in [-0.05, 0) is 49.1 Å². The van der Waals surface area contributed by atoms with Crippen LogP contribution in [0.5, 0.6) is 0 Å². The third kappa shape index (κ3) is 2.84. The van der Waals surface area contributed by atoms with E-state index in [1.54, 1.807) is 0 Å². The monoisotopic (exact) mass is 315 g/mol. The van der Waals surface area contributed by atoms with Crippen molar-refractivity contribution in [1.82, 2.24) is 0 Å². The Morgan fingerprint density at radius 2 is 2.05 bits per heavy atom. The number of halogens is 1. The molecule has 2 heteroatoms. The first-order chi connectivity index (χ1) is 9.22. The molecule has 0 saturated carbocycles. The van der Waals surface area contributed by atoms with Crippen LogP contribution in [0.3, 0.4) is 0 Å². The number of hydrogen-bond donors (Lipinski definition) is 0. The second-order valence-electron chi connectivity index (χ2n) is 5.29. The van der Waals surface area contributed by atoms with Gasteiger partial charge in [0.2, 0.25) is 0 Å². The van der Waals surface area contributed by atoms with Gasteiger partial charge in [0.05, 0.1) is 0 Å². The number of aryl methyl sites for hydroxylation is 2. The highest BCUT2D eigenvalue weighted by molar-refractivity contribution is 9.10. The van der Waals surface area contributed by atoms with Crippen LogP contribution >= 0.6 is 15.9 Å². The van der Waals surface area contributed by atoms with Gasteiger partial charge in [-0.2, -0.15) is 0 Å². The van der Waals surface area contributed by atoms with Crippen LogP contribution in [0.25, 0.3) is 0 Å². The number of hydrogen-bond acceptors (Lipinski definition) is 1. The fourth-order valence-corrected chi connectivity index (χ4v) is 3.27. The van der Waals surface area contributed by atoms with E-state index in [1.807, 2.05) is 0 Å². The average molecular weight is 316 g/mol. The van der Waals surface area contributed by atoms with Crippen LogP contribution < -0.4 is 4.90 Å². The first kappa shape index (κ1) is 12.7. The van der Waals surface area contributed by atoms with Crippen molar-refractivity contribution < 1.29 is 0 Å². The van der Waals surface area contributed by atoms with E-state index in [2.05, 4.69) is 70.2 Å². The molecule has 0 aromatic heterocycles. The van der Waals surface area contributed by atoms with Crippen LogP contribution in [-0.4, -0.2) is 6.54 Å². The second-order valence-corrected chi connectivity index (χ2v) is 6.20. The molecule has 1 aliphatic rings. The van der Waals surface area contributed by atoms with E-state index in [9.17, 15) is 0 Å². The van der Waals surface area contributed by atoms with Crippen molar-refractivity contribution in [3.63, 3.8) is 0 Å². The summed E-state index contributed by atoms with van der Waals surface area (Å²) in [5.41, 5.74) is 5.64. The van der Waals surface area contributed by atoms with Gasteiger partial charge >= 0.3 is 0 Å². The Kier molecular flexibility index (Phi) is 3.61. The molecule has 0 atom stereocenters. The second kappa shape index (κ2) is 5.38. The Balaban J connectivity index is 1.87. The zero-order chi connectivity index (χ0) is 13.2. The summed E-state index contributed by atoms with van der Waals surface area (Å²) in [4.78, 5) is 2.50. The van der Waals surface area contributed by atoms with Crippen molar-refractivity contribution in [2.24, 2.45) is 0 Å². The van der Waals surface area contributed by atoms with Crippen LogP contribution in [0.1, 0.15) is 23.1 Å². The largest absolute Gasteiger partial charge is 0.367 e. The van der Waals surface area contributed by atoms with Gasteiger partial charge in [-0.3, -0.25) is 0 Å². The van der Waals surface area contributed by atoms with Gasteiger partial charge in [0.1, 0.15) is 0 Å². The highest BCUT2D eigenvalue weighted by atomic mass is 79.9. The lowest BCUT2D eigenvalue weighted by atomic mass is 9.99. The molecule has 0 N–H and O–H groups in total. The summed E-state index contributed by atoms with van der Waals surface area (Å²) in [7, 11) is 0. The molecule has 0 amide bonds. The van der Waals surface area contributed by atoms with Crippen molar-refractivity contribution in [3.8, 4) is 0 Å². The van der Waals surface area contributed by atoms with Gasteiger partial charge in [0.25, 0.3) is 0 Å². The molecule has 3 rings (SSSR count). The summed E-state index contributed by atoms with van der Waals surface area (Å²) in [6.07, 6.45) is 2.47. The number of anilines is 1. The lowest BCUT2D eigenvalue weighted by Gasteiger charge is -2.31. The van der Waals surface area contributed by atoms with Crippen LogP contribution in [0.15, 0.2) is 46.9 Å². The van der Waals surface area contributed by atoms with Crippen molar-refractivity contribution in [1.29, 1.82) is 0 Å². The molecule has 0 aliphatic carbocycles. The summed E-state index contributed by atoms with van der Waals surface area (Å²) in [5, 5.41) is 0. The van der Waals surface area contributed by atoms with Crippen LogP contribution in [0, 0.1) is 6.92 Å². The molecule has 2 aromatic carbocycles. The fraction of sp³-hybridized carbons (Fsp3) is 0.294. The van der Waals surface area contributed by atoms with Crippen LogP contribution in [-0.2, 0) is 13.0 Å². The molecular formula is C17H18BrN. The molecule has 1 nitrogen and oxygen atoms in total. The van der Waals surface area contributed by atoms with Crippen molar-refractivity contribution in [3.05, 3.63) is 63.6 Å². The van der Waals surface area contributed by atoms with Crippen molar-refractivity contribution in [2.45, 2.75) is 26.3 Å². The first-order valence-electron chi connectivity index (χ1n) is 6.81. The molecule has 1 heterocycles. The lowest BCUT2D eigenvalue weighted by Crippen LogP contribution is -2.28. The van der Waals surface area contributed by atoms with Gasteiger partial charge in [-0.15, -0.1) is 0 Å². The molecule has 98 valence electrons. The Labute approximate surface area is 123 Å². The molecule has 0 radical (unpaired) electrons. The molecule has 0 spiro atoms. The maximum absolute atomic E-state index is 3.55. The maximum Gasteiger partial charge on any atom is 0.0429 e.